The number of fused-ring (bicyclic) bond motifs is 1. The summed E-state index contributed by atoms with van der Waals surface area (Å²) >= 11 is 7.59. The Bertz CT molecular complexity index is 1360. The quantitative estimate of drug-likeness (QED) is 0.416. The molecule has 1 aromatic carbocycles. The number of rotatable bonds is 6. The van der Waals surface area contributed by atoms with Crippen molar-refractivity contribution in [1.29, 1.82) is 0 Å². The molecule has 0 fully saturated rings. The SMILES string of the molecule is COc1ccc(Cl)cc1NC(=O)CN(C)C(=O)c1cc(-c2ccc(C)s2)nc2onc(C)c12. The molecular formula is C23H21ClN4O4S. The number of hydrogen-bond acceptors (Lipinski definition) is 7. The second kappa shape index (κ2) is 9.21. The first-order chi connectivity index (χ1) is 15.8. The van der Waals surface area contributed by atoms with E-state index in [0.29, 0.717) is 38.8 Å². The summed E-state index contributed by atoms with van der Waals surface area (Å²) in [4.78, 5) is 33.9. The van der Waals surface area contributed by atoms with Gasteiger partial charge in [0.15, 0.2) is 0 Å². The van der Waals surface area contributed by atoms with Crippen LogP contribution >= 0.6 is 22.9 Å². The molecule has 4 aromatic rings. The van der Waals surface area contributed by atoms with Crippen molar-refractivity contribution in [2.45, 2.75) is 13.8 Å². The number of thiophene rings is 1. The molecule has 0 aliphatic rings. The fourth-order valence-corrected chi connectivity index (χ4v) is 4.42. The maximum absolute atomic E-state index is 13.4. The second-order valence-electron chi connectivity index (χ2n) is 7.47. The van der Waals surface area contributed by atoms with Gasteiger partial charge in [0.2, 0.25) is 5.91 Å². The van der Waals surface area contributed by atoms with Crippen LogP contribution < -0.4 is 10.1 Å². The highest BCUT2D eigenvalue weighted by atomic mass is 35.5. The van der Waals surface area contributed by atoms with Crippen molar-refractivity contribution >= 4 is 51.5 Å². The third-order valence-electron chi connectivity index (χ3n) is 5.00. The number of hydrogen-bond donors (Lipinski definition) is 1. The van der Waals surface area contributed by atoms with E-state index >= 15 is 0 Å². The molecule has 0 spiro atoms. The molecule has 2 amide bonds. The molecule has 8 nitrogen and oxygen atoms in total. The van der Waals surface area contributed by atoms with Crippen molar-refractivity contribution in [3.8, 4) is 16.3 Å². The molecule has 10 heteroatoms. The number of carbonyl (C=O) groups excluding carboxylic acids is 2. The molecule has 170 valence electrons. The van der Waals surface area contributed by atoms with Crippen LogP contribution in [0.15, 0.2) is 40.9 Å². The number of amides is 2. The number of anilines is 1. The van der Waals surface area contributed by atoms with Crippen molar-refractivity contribution in [2.75, 3.05) is 26.0 Å². The lowest BCUT2D eigenvalue weighted by Gasteiger charge is -2.18. The van der Waals surface area contributed by atoms with E-state index in [0.717, 1.165) is 9.75 Å². The Morgan fingerprint density at radius 2 is 2.00 bits per heavy atom. The molecule has 0 saturated carbocycles. The van der Waals surface area contributed by atoms with Crippen LogP contribution in [0.1, 0.15) is 20.9 Å². The molecule has 4 rings (SSSR count). The minimum Gasteiger partial charge on any atom is -0.495 e. The summed E-state index contributed by atoms with van der Waals surface area (Å²) in [6.07, 6.45) is 0. The Hall–Kier alpha value is -3.43. The van der Waals surface area contributed by atoms with E-state index in [4.69, 9.17) is 20.9 Å². The third-order valence-corrected chi connectivity index (χ3v) is 6.26. The predicted molar refractivity (Wildman–Crippen MR) is 128 cm³/mol. The highest BCUT2D eigenvalue weighted by molar-refractivity contribution is 7.15. The van der Waals surface area contributed by atoms with E-state index < -0.39 is 5.91 Å². The van der Waals surface area contributed by atoms with Gasteiger partial charge in [0.05, 0.1) is 46.6 Å². The van der Waals surface area contributed by atoms with Crippen molar-refractivity contribution in [3.05, 3.63) is 57.6 Å². The molecule has 0 unspecified atom stereocenters. The molecule has 1 N–H and O–H groups in total. The zero-order valence-electron chi connectivity index (χ0n) is 18.4. The summed E-state index contributed by atoms with van der Waals surface area (Å²) in [6.45, 7) is 3.56. The van der Waals surface area contributed by atoms with Gasteiger partial charge in [-0.05, 0) is 50.2 Å². The minimum atomic E-state index is -0.395. The lowest BCUT2D eigenvalue weighted by molar-refractivity contribution is -0.116. The normalized spacial score (nSPS) is 10.9. The molecule has 0 atom stereocenters. The van der Waals surface area contributed by atoms with Crippen molar-refractivity contribution in [2.24, 2.45) is 0 Å². The number of halogens is 1. The van der Waals surface area contributed by atoms with E-state index in [9.17, 15) is 9.59 Å². The van der Waals surface area contributed by atoms with Gasteiger partial charge in [-0.2, -0.15) is 0 Å². The maximum Gasteiger partial charge on any atom is 0.259 e. The van der Waals surface area contributed by atoms with Gasteiger partial charge < -0.3 is 19.5 Å². The van der Waals surface area contributed by atoms with Gasteiger partial charge in [-0.3, -0.25) is 9.59 Å². The van der Waals surface area contributed by atoms with Crippen LogP contribution in [0.5, 0.6) is 5.75 Å². The number of aromatic nitrogens is 2. The lowest BCUT2D eigenvalue weighted by Crippen LogP contribution is -2.35. The Kier molecular flexibility index (Phi) is 6.35. The van der Waals surface area contributed by atoms with Crippen LogP contribution in [0.2, 0.25) is 5.02 Å². The molecule has 0 bridgehead atoms. The van der Waals surface area contributed by atoms with E-state index in [1.54, 1.807) is 49.6 Å². The topological polar surface area (TPSA) is 97.6 Å². The fourth-order valence-electron chi connectivity index (χ4n) is 3.42. The number of carbonyl (C=O) groups is 2. The van der Waals surface area contributed by atoms with Crippen molar-refractivity contribution in [1.82, 2.24) is 15.0 Å². The molecule has 33 heavy (non-hydrogen) atoms. The predicted octanol–water partition coefficient (Wildman–Crippen LogP) is 4.94. The highest BCUT2D eigenvalue weighted by Gasteiger charge is 2.23. The standard InChI is InChI=1S/C23H21ClN4O4S/c1-12-5-8-19(33-12)17-10-15(21-13(2)27-32-22(21)26-17)23(30)28(3)11-20(29)25-16-9-14(24)6-7-18(16)31-4/h5-10H,11H2,1-4H3,(H,25,29). The highest BCUT2D eigenvalue weighted by Crippen LogP contribution is 2.32. The number of methoxy groups -OCH3 is 1. The monoisotopic (exact) mass is 484 g/mol. The average Bonchev–Trinajstić information content (AvgIpc) is 3.38. The van der Waals surface area contributed by atoms with E-state index in [1.807, 2.05) is 19.1 Å². The Labute approximate surface area is 199 Å². The zero-order valence-corrected chi connectivity index (χ0v) is 20.0. The first-order valence-corrected chi connectivity index (χ1v) is 11.2. The molecule has 0 aliphatic carbocycles. The summed E-state index contributed by atoms with van der Waals surface area (Å²) in [5.74, 6) is -0.280. The van der Waals surface area contributed by atoms with Gasteiger partial charge in [0.1, 0.15) is 5.75 Å². The van der Waals surface area contributed by atoms with Crippen LogP contribution in [0.25, 0.3) is 21.7 Å². The number of likely N-dealkylation sites (N-methyl/N-ethyl adjacent to an activating group) is 1. The molecule has 0 aliphatic heterocycles. The number of aryl methyl sites for hydroxylation is 2. The summed E-state index contributed by atoms with van der Waals surface area (Å²) in [7, 11) is 3.05. The Balaban J connectivity index is 1.61. The Morgan fingerprint density at radius 3 is 2.70 bits per heavy atom. The largest absolute Gasteiger partial charge is 0.495 e. The maximum atomic E-state index is 13.4. The first-order valence-electron chi connectivity index (χ1n) is 9.99. The van der Waals surface area contributed by atoms with E-state index in [1.165, 1.54) is 12.0 Å². The number of nitrogens with zero attached hydrogens (tertiary/aromatic N) is 3. The van der Waals surface area contributed by atoms with E-state index in [2.05, 4.69) is 15.5 Å². The molecular weight excluding hydrogens is 464 g/mol. The third kappa shape index (κ3) is 4.69. The molecule has 3 aromatic heterocycles. The van der Waals surface area contributed by atoms with Crippen LogP contribution in [0, 0.1) is 13.8 Å². The van der Waals surface area contributed by atoms with Gasteiger partial charge in [0.25, 0.3) is 11.6 Å². The van der Waals surface area contributed by atoms with Crippen LogP contribution in [0.4, 0.5) is 5.69 Å². The van der Waals surface area contributed by atoms with Crippen molar-refractivity contribution < 1.29 is 18.8 Å². The van der Waals surface area contributed by atoms with Crippen LogP contribution in [-0.2, 0) is 4.79 Å². The smallest absolute Gasteiger partial charge is 0.259 e. The van der Waals surface area contributed by atoms with Crippen LogP contribution in [0.3, 0.4) is 0 Å². The van der Waals surface area contributed by atoms with Gasteiger partial charge in [-0.15, -0.1) is 11.3 Å². The van der Waals surface area contributed by atoms with Gasteiger partial charge in [-0.1, -0.05) is 16.8 Å². The van der Waals surface area contributed by atoms with Crippen molar-refractivity contribution in [3.63, 3.8) is 0 Å². The second-order valence-corrected chi connectivity index (χ2v) is 9.19. The zero-order chi connectivity index (χ0) is 23.7. The number of nitrogens with one attached hydrogen (secondary N) is 1. The lowest BCUT2D eigenvalue weighted by atomic mass is 10.1. The number of benzene rings is 1. The summed E-state index contributed by atoms with van der Waals surface area (Å²) in [5.41, 5.74) is 2.24. The van der Waals surface area contributed by atoms with E-state index in [-0.39, 0.29) is 18.2 Å². The fraction of sp³-hybridized carbons (Fsp3) is 0.217. The minimum absolute atomic E-state index is 0.184. The van der Waals surface area contributed by atoms with Gasteiger partial charge in [0, 0.05) is 16.9 Å². The van der Waals surface area contributed by atoms with Gasteiger partial charge in [-0.25, -0.2) is 4.98 Å². The number of ether oxygens (including phenoxy) is 1. The average molecular weight is 485 g/mol. The number of pyridine rings is 1. The molecule has 3 heterocycles. The first kappa shape index (κ1) is 22.8. The Morgan fingerprint density at radius 1 is 1.21 bits per heavy atom. The molecule has 0 saturated heterocycles. The molecule has 0 radical (unpaired) electrons. The summed E-state index contributed by atoms with van der Waals surface area (Å²) in [6, 6.07) is 10.6. The summed E-state index contributed by atoms with van der Waals surface area (Å²) < 4.78 is 10.6. The van der Waals surface area contributed by atoms with Gasteiger partial charge >= 0.3 is 0 Å². The summed E-state index contributed by atoms with van der Waals surface area (Å²) in [5, 5.41) is 7.69. The van der Waals surface area contributed by atoms with Crippen LogP contribution in [-0.4, -0.2) is 47.6 Å².